The van der Waals surface area contributed by atoms with Gasteiger partial charge in [0.15, 0.2) is 11.5 Å². The normalized spacial score (nSPS) is 12.9. The van der Waals surface area contributed by atoms with Gasteiger partial charge < -0.3 is 24.8 Å². The summed E-state index contributed by atoms with van der Waals surface area (Å²) in [6, 6.07) is 10.9. The van der Waals surface area contributed by atoms with Gasteiger partial charge in [0.2, 0.25) is 6.79 Å². The SMILES string of the molecule is COC(=O)CNC(=O)N[C@@H](Cc1ccc(F)cc1)Cc1ccc2c(c1)OCO2. The van der Waals surface area contributed by atoms with Crippen LogP contribution in [0.15, 0.2) is 42.5 Å². The van der Waals surface area contributed by atoms with Gasteiger partial charge in [0, 0.05) is 6.04 Å². The minimum absolute atomic E-state index is 0.186. The van der Waals surface area contributed by atoms with Gasteiger partial charge in [-0.3, -0.25) is 4.79 Å². The molecule has 0 spiro atoms. The second-order valence-corrected chi connectivity index (χ2v) is 6.32. The molecule has 2 amide bonds. The lowest BCUT2D eigenvalue weighted by Crippen LogP contribution is -2.45. The number of methoxy groups -OCH3 is 1. The number of hydrogen-bond acceptors (Lipinski definition) is 5. The Balaban J connectivity index is 1.68. The highest BCUT2D eigenvalue weighted by Gasteiger charge is 2.18. The summed E-state index contributed by atoms with van der Waals surface area (Å²) < 4.78 is 28.4. The van der Waals surface area contributed by atoms with Gasteiger partial charge in [-0.05, 0) is 48.2 Å². The van der Waals surface area contributed by atoms with Crippen molar-refractivity contribution in [3.63, 3.8) is 0 Å². The summed E-state index contributed by atoms with van der Waals surface area (Å²) in [5, 5.41) is 5.31. The minimum atomic E-state index is -0.541. The van der Waals surface area contributed by atoms with E-state index in [1.54, 1.807) is 12.1 Å². The summed E-state index contributed by atoms with van der Waals surface area (Å²) >= 11 is 0. The molecule has 28 heavy (non-hydrogen) atoms. The zero-order valence-electron chi connectivity index (χ0n) is 15.4. The molecule has 1 aliphatic heterocycles. The number of rotatable bonds is 7. The molecule has 148 valence electrons. The number of benzene rings is 2. The molecule has 0 radical (unpaired) electrons. The number of urea groups is 1. The van der Waals surface area contributed by atoms with Crippen LogP contribution in [0.25, 0.3) is 0 Å². The first-order chi connectivity index (χ1) is 13.5. The minimum Gasteiger partial charge on any atom is -0.468 e. The van der Waals surface area contributed by atoms with Crippen molar-refractivity contribution in [3.05, 3.63) is 59.4 Å². The number of amides is 2. The number of carbonyl (C=O) groups is 2. The van der Waals surface area contributed by atoms with Crippen LogP contribution >= 0.6 is 0 Å². The van der Waals surface area contributed by atoms with E-state index < -0.39 is 12.0 Å². The predicted octanol–water partition coefficient (Wildman–Crippen LogP) is 2.18. The zero-order chi connectivity index (χ0) is 19.9. The Kier molecular flexibility index (Phi) is 6.31. The Bertz CT molecular complexity index is 841. The van der Waals surface area contributed by atoms with E-state index in [1.807, 2.05) is 18.2 Å². The maximum absolute atomic E-state index is 13.2. The van der Waals surface area contributed by atoms with Crippen LogP contribution in [-0.2, 0) is 22.4 Å². The lowest BCUT2D eigenvalue weighted by atomic mass is 9.98. The van der Waals surface area contributed by atoms with E-state index in [-0.39, 0.29) is 25.2 Å². The van der Waals surface area contributed by atoms with Crippen LogP contribution in [0.5, 0.6) is 11.5 Å². The van der Waals surface area contributed by atoms with E-state index in [1.165, 1.54) is 19.2 Å². The van der Waals surface area contributed by atoms with Gasteiger partial charge in [-0.1, -0.05) is 18.2 Å². The van der Waals surface area contributed by atoms with Crippen LogP contribution in [0, 0.1) is 5.82 Å². The van der Waals surface area contributed by atoms with Crippen LogP contribution in [0.3, 0.4) is 0 Å². The molecule has 8 heteroatoms. The number of hydrogen-bond donors (Lipinski definition) is 2. The van der Waals surface area contributed by atoms with E-state index in [2.05, 4.69) is 15.4 Å². The lowest BCUT2D eigenvalue weighted by molar-refractivity contribution is -0.139. The molecule has 1 heterocycles. The molecular weight excluding hydrogens is 367 g/mol. The van der Waals surface area contributed by atoms with E-state index in [4.69, 9.17) is 9.47 Å². The molecule has 0 saturated heterocycles. The lowest BCUT2D eigenvalue weighted by Gasteiger charge is -2.19. The van der Waals surface area contributed by atoms with Crippen molar-refractivity contribution in [2.45, 2.75) is 18.9 Å². The molecule has 2 N–H and O–H groups in total. The van der Waals surface area contributed by atoms with Gasteiger partial charge in [-0.15, -0.1) is 0 Å². The predicted molar refractivity (Wildman–Crippen MR) is 98.7 cm³/mol. The Morgan fingerprint density at radius 3 is 2.50 bits per heavy atom. The van der Waals surface area contributed by atoms with Gasteiger partial charge in [-0.2, -0.15) is 0 Å². The van der Waals surface area contributed by atoms with Gasteiger partial charge in [0.25, 0.3) is 0 Å². The van der Waals surface area contributed by atoms with Crippen LogP contribution in [0.1, 0.15) is 11.1 Å². The molecule has 0 aliphatic carbocycles. The summed E-state index contributed by atoms with van der Waals surface area (Å²) in [6.45, 7) is -0.0401. The van der Waals surface area contributed by atoms with Crippen molar-refractivity contribution in [1.29, 1.82) is 0 Å². The summed E-state index contributed by atoms with van der Waals surface area (Å²) in [6.07, 6.45) is 1.00. The molecule has 0 bridgehead atoms. The Hall–Kier alpha value is -3.29. The van der Waals surface area contributed by atoms with E-state index in [0.717, 1.165) is 11.1 Å². The molecule has 0 fully saturated rings. The molecule has 2 aromatic rings. The fourth-order valence-electron chi connectivity index (χ4n) is 2.89. The highest BCUT2D eigenvalue weighted by Crippen LogP contribution is 2.32. The van der Waals surface area contributed by atoms with Gasteiger partial charge in [-0.25, -0.2) is 9.18 Å². The fourth-order valence-corrected chi connectivity index (χ4v) is 2.89. The quantitative estimate of drug-likeness (QED) is 0.710. The molecule has 0 unspecified atom stereocenters. The molecule has 3 rings (SSSR count). The molecular formula is C20H21FN2O5. The summed E-state index contributed by atoms with van der Waals surface area (Å²) in [7, 11) is 1.25. The van der Waals surface area contributed by atoms with Crippen molar-refractivity contribution >= 4 is 12.0 Å². The van der Waals surface area contributed by atoms with E-state index in [9.17, 15) is 14.0 Å². The maximum Gasteiger partial charge on any atom is 0.325 e. The first kappa shape index (κ1) is 19.5. The number of esters is 1. The summed E-state index contributed by atoms with van der Waals surface area (Å²) in [5.74, 6) is 0.483. The van der Waals surface area contributed by atoms with E-state index in [0.29, 0.717) is 24.3 Å². The van der Waals surface area contributed by atoms with Crippen molar-refractivity contribution in [2.75, 3.05) is 20.4 Å². The molecule has 0 saturated carbocycles. The van der Waals surface area contributed by atoms with Gasteiger partial charge >= 0.3 is 12.0 Å². The average molecular weight is 388 g/mol. The van der Waals surface area contributed by atoms with Crippen LogP contribution in [0.2, 0.25) is 0 Å². The maximum atomic E-state index is 13.2. The number of halogens is 1. The monoisotopic (exact) mass is 388 g/mol. The molecule has 7 nitrogen and oxygen atoms in total. The zero-order valence-corrected chi connectivity index (χ0v) is 15.4. The largest absolute Gasteiger partial charge is 0.468 e. The first-order valence-electron chi connectivity index (χ1n) is 8.77. The number of ether oxygens (including phenoxy) is 3. The third-order valence-corrected chi connectivity index (χ3v) is 4.27. The fraction of sp³-hybridized carbons (Fsp3) is 0.300. The third-order valence-electron chi connectivity index (χ3n) is 4.27. The smallest absolute Gasteiger partial charge is 0.325 e. The highest BCUT2D eigenvalue weighted by molar-refractivity contribution is 5.80. The number of nitrogens with one attached hydrogen (secondary N) is 2. The van der Waals surface area contributed by atoms with Crippen molar-refractivity contribution in [1.82, 2.24) is 10.6 Å². The highest BCUT2D eigenvalue weighted by atomic mass is 19.1. The molecule has 1 aliphatic rings. The average Bonchev–Trinajstić information content (AvgIpc) is 3.15. The summed E-state index contributed by atoms with van der Waals surface area (Å²) in [5.41, 5.74) is 1.82. The van der Waals surface area contributed by atoms with Gasteiger partial charge in [0.1, 0.15) is 12.4 Å². The third kappa shape index (κ3) is 5.35. The second-order valence-electron chi connectivity index (χ2n) is 6.32. The Morgan fingerprint density at radius 1 is 1.07 bits per heavy atom. The topological polar surface area (TPSA) is 85.9 Å². The standard InChI is InChI=1S/C20H21FN2O5/c1-26-19(24)11-22-20(25)23-16(8-13-2-5-15(21)6-3-13)9-14-4-7-17-18(10-14)28-12-27-17/h2-7,10,16H,8-9,11-12H2,1H3,(H2,22,23,25)/t16-/m0/s1. The van der Waals surface area contributed by atoms with Crippen molar-refractivity contribution in [2.24, 2.45) is 0 Å². The van der Waals surface area contributed by atoms with Crippen molar-refractivity contribution < 1.29 is 28.2 Å². The van der Waals surface area contributed by atoms with E-state index >= 15 is 0 Å². The number of carbonyl (C=O) groups excluding carboxylic acids is 2. The van der Waals surface area contributed by atoms with Crippen LogP contribution in [0.4, 0.5) is 9.18 Å². The van der Waals surface area contributed by atoms with Gasteiger partial charge in [0.05, 0.1) is 7.11 Å². The molecule has 0 aromatic heterocycles. The van der Waals surface area contributed by atoms with Crippen LogP contribution in [-0.4, -0.2) is 38.5 Å². The van der Waals surface area contributed by atoms with Crippen molar-refractivity contribution in [3.8, 4) is 11.5 Å². The Morgan fingerprint density at radius 2 is 1.75 bits per heavy atom. The molecule has 1 atom stereocenters. The summed E-state index contributed by atoms with van der Waals surface area (Å²) in [4.78, 5) is 23.4. The number of fused-ring (bicyclic) bond motifs is 1. The van der Waals surface area contributed by atoms with Crippen LogP contribution < -0.4 is 20.1 Å². The first-order valence-corrected chi connectivity index (χ1v) is 8.77. The Labute approximate surface area is 161 Å². The molecule has 2 aromatic carbocycles. The second kappa shape index (κ2) is 9.07.